The number of ether oxygens (including phenoxy) is 2. The molecule has 0 aliphatic carbocycles. The van der Waals surface area contributed by atoms with Crippen LogP contribution in [-0.2, 0) is 4.74 Å². The van der Waals surface area contributed by atoms with E-state index in [-0.39, 0.29) is 12.0 Å². The fourth-order valence-electron chi connectivity index (χ4n) is 2.26. The Balaban J connectivity index is 2.68. The van der Waals surface area contributed by atoms with Gasteiger partial charge in [-0.05, 0) is 52.0 Å². The molecule has 128 valence electrons. The van der Waals surface area contributed by atoms with Crippen molar-refractivity contribution in [2.24, 2.45) is 5.92 Å². The Labute approximate surface area is 139 Å². The third-order valence-electron chi connectivity index (χ3n) is 3.47. The monoisotopic (exact) mass is 321 g/mol. The lowest BCUT2D eigenvalue weighted by molar-refractivity contribution is 0.104. The van der Waals surface area contributed by atoms with E-state index < -0.39 is 5.95 Å². The van der Waals surface area contributed by atoms with Gasteiger partial charge in [0.05, 0.1) is 6.61 Å². The maximum Gasteiger partial charge on any atom is 0.216 e. The number of allylic oxidation sites excluding steroid dienone is 2. The van der Waals surface area contributed by atoms with Crippen molar-refractivity contribution in [1.82, 2.24) is 4.98 Å². The van der Waals surface area contributed by atoms with Crippen molar-refractivity contribution in [2.75, 3.05) is 6.61 Å². The number of halogens is 1. The second kappa shape index (κ2) is 10.0. The third-order valence-corrected chi connectivity index (χ3v) is 3.47. The van der Waals surface area contributed by atoms with Gasteiger partial charge in [-0.25, -0.2) is 0 Å². The molecular weight excluding hydrogens is 293 g/mol. The lowest BCUT2D eigenvalue weighted by atomic mass is 9.97. The second-order valence-corrected chi connectivity index (χ2v) is 6.00. The first-order chi connectivity index (χ1) is 10.9. The van der Waals surface area contributed by atoms with E-state index in [2.05, 4.69) is 38.4 Å². The van der Waals surface area contributed by atoms with E-state index in [1.807, 2.05) is 6.92 Å². The molecule has 0 saturated heterocycles. The minimum Gasteiger partial charge on any atom is -0.495 e. The first-order valence-electron chi connectivity index (χ1n) is 8.16. The van der Waals surface area contributed by atoms with Crippen LogP contribution in [0.5, 0.6) is 5.88 Å². The summed E-state index contributed by atoms with van der Waals surface area (Å²) < 4.78 is 24.5. The van der Waals surface area contributed by atoms with Crippen molar-refractivity contribution < 1.29 is 13.9 Å². The molecule has 1 aromatic heterocycles. The highest BCUT2D eigenvalue weighted by Crippen LogP contribution is 2.22. The van der Waals surface area contributed by atoms with Crippen LogP contribution in [0.15, 0.2) is 42.2 Å². The van der Waals surface area contributed by atoms with E-state index in [1.54, 1.807) is 12.1 Å². The molecule has 0 aromatic carbocycles. The summed E-state index contributed by atoms with van der Waals surface area (Å²) in [4.78, 5) is 3.75. The SMILES string of the molecule is C=C(OCC)[C@H](C[C@@H](C)CCC=C(C)C)Oc1cccc(F)n1. The predicted octanol–water partition coefficient (Wildman–Crippen LogP) is 5.29. The highest BCUT2D eigenvalue weighted by Gasteiger charge is 2.20. The van der Waals surface area contributed by atoms with E-state index in [0.717, 1.165) is 19.3 Å². The van der Waals surface area contributed by atoms with Crippen molar-refractivity contribution in [3.8, 4) is 5.88 Å². The van der Waals surface area contributed by atoms with E-state index in [1.165, 1.54) is 11.6 Å². The number of hydrogen-bond donors (Lipinski definition) is 0. The Morgan fingerprint density at radius 2 is 2.13 bits per heavy atom. The Hall–Kier alpha value is -1.84. The maximum atomic E-state index is 13.2. The van der Waals surface area contributed by atoms with Crippen molar-refractivity contribution in [3.05, 3.63) is 48.1 Å². The molecule has 0 radical (unpaired) electrons. The maximum absolute atomic E-state index is 13.2. The molecule has 1 aromatic rings. The van der Waals surface area contributed by atoms with Gasteiger partial charge in [0.25, 0.3) is 0 Å². The van der Waals surface area contributed by atoms with E-state index in [0.29, 0.717) is 18.3 Å². The molecule has 2 atom stereocenters. The summed E-state index contributed by atoms with van der Waals surface area (Å²) in [6.45, 7) is 12.8. The van der Waals surface area contributed by atoms with Crippen LogP contribution in [0.2, 0.25) is 0 Å². The van der Waals surface area contributed by atoms with E-state index in [9.17, 15) is 4.39 Å². The summed E-state index contributed by atoms with van der Waals surface area (Å²) in [6, 6.07) is 4.51. The standard InChI is InChI=1S/C19H28FNO2/c1-6-22-16(5)17(13-15(4)10-7-9-14(2)3)23-19-12-8-11-18(20)21-19/h8-9,11-12,15,17H,5-7,10,13H2,1-4H3/t15-,17-/m0/s1. The van der Waals surface area contributed by atoms with Gasteiger partial charge in [-0.1, -0.05) is 31.2 Å². The van der Waals surface area contributed by atoms with Gasteiger partial charge < -0.3 is 9.47 Å². The Bertz CT molecular complexity index is 524. The van der Waals surface area contributed by atoms with Gasteiger partial charge in [0.2, 0.25) is 11.8 Å². The number of aromatic nitrogens is 1. The van der Waals surface area contributed by atoms with Gasteiger partial charge in [0.15, 0.2) is 6.10 Å². The van der Waals surface area contributed by atoms with Crippen molar-refractivity contribution in [2.45, 2.75) is 53.1 Å². The topological polar surface area (TPSA) is 31.4 Å². The molecular formula is C19H28FNO2. The average molecular weight is 321 g/mol. The molecule has 0 bridgehead atoms. The Kier molecular flexibility index (Phi) is 8.38. The molecule has 0 N–H and O–H groups in total. The largest absolute Gasteiger partial charge is 0.495 e. The number of pyridine rings is 1. The fraction of sp³-hybridized carbons (Fsp3) is 0.526. The molecule has 0 aliphatic heterocycles. The van der Waals surface area contributed by atoms with Crippen LogP contribution in [0.1, 0.15) is 47.0 Å². The van der Waals surface area contributed by atoms with Gasteiger partial charge in [-0.3, -0.25) is 0 Å². The number of hydrogen-bond acceptors (Lipinski definition) is 3. The van der Waals surface area contributed by atoms with Crippen LogP contribution in [0, 0.1) is 11.9 Å². The van der Waals surface area contributed by atoms with Crippen LogP contribution < -0.4 is 4.74 Å². The van der Waals surface area contributed by atoms with Gasteiger partial charge >= 0.3 is 0 Å². The molecule has 0 aliphatic rings. The minimum absolute atomic E-state index is 0.257. The molecule has 4 heteroatoms. The molecule has 23 heavy (non-hydrogen) atoms. The van der Waals surface area contributed by atoms with Crippen molar-refractivity contribution in [3.63, 3.8) is 0 Å². The van der Waals surface area contributed by atoms with Crippen LogP contribution in [0.4, 0.5) is 4.39 Å². The zero-order chi connectivity index (χ0) is 17.2. The van der Waals surface area contributed by atoms with E-state index in [4.69, 9.17) is 9.47 Å². The van der Waals surface area contributed by atoms with Crippen LogP contribution in [0.25, 0.3) is 0 Å². The zero-order valence-corrected chi connectivity index (χ0v) is 14.6. The molecule has 0 amide bonds. The van der Waals surface area contributed by atoms with Gasteiger partial charge in [-0.2, -0.15) is 9.37 Å². The molecule has 0 saturated carbocycles. The molecule has 3 nitrogen and oxygen atoms in total. The smallest absolute Gasteiger partial charge is 0.216 e. The van der Waals surface area contributed by atoms with Crippen LogP contribution >= 0.6 is 0 Å². The predicted molar refractivity (Wildman–Crippen MR) is 91.8 cm³/mol. The average Bonchev–Trinajstić information content (AvgIpc) is 2.46. The summed E-state index contributed by atoms with van der Waals surface area (Å²) in [5.41, 5.74) is 1.33. The van der Waals surface area contributed by atoms with Gasteiger partial charge in [-0.15, -0.1) is 0 Å². The summed E-state index contributed by atoms with van der Waals surface area (Å²) in [7, 11) is 0. The summed E-state index contributed by atoms with van der Waals surface area (Å²) in [6.07, 6.45) is 4.76. The zero-order valence-electron chi connectivity index (χ0n) is 14.6. The fourth-order valence-corrected chi connectivity index (χ4v) is 2.26. The molecule has 1 heterocycles. The van der Waals surface area contributed by atoms with E-state index >= 15 is 0 Å². The lowest BCUT2D eigenvalue weighted by Gasteiger charge is -2.23. The van der Waals surface area contributed by atoms with Gasteiger partial charge in [0.1, 0.15) is 5.76 Å². The normalized spacial score (nSPS) is 13.1. The first-order valence-corrected chi connectivity index (χ1v) is 8.16. The first kappa shape index (κ1) is 19.2. The quantitative estimate of drug-likeness (QED) is 0.333. The second-order valence-electron chi connectivity index (χ2n) is 6.00. The number of rotatable bonds is 10. The molecule has 0 spiro atoms. The van der Waals surface area contributed by atoms with Crippen molar-refractivity contribution in [1.29, 1.82) is 0 Å². The molecule has 1 rings (SSSR count). The Morgan fingerprint density at radius 1 is 1.39 bits per heavy atom. The lowest BCUT2D eigenvalue weighted by Crippen LogP contribution is -2.24. The highest BCUT2D eigenvalue weighted by atomic mass is 19.1. The summed E-state index contributed by atoms with van der Waals surface area (Å²) in [5.74, 6) is 0.696. The van der Waals surface area contributed by atoms with Crippen LogP contribution in [-0.4, -0.2) is 17.7 Å². The third kappa shape index (κ3) is 7.82. The number of nitrogens with zero attached hydrogens (tertiary/aromatic N) is 1. The molecule has 0 fully saturated rings. The highest BCUT2D eigenvalue weighted by molar-refractivity contribution is 5.12. The van der Waals surface area contributed by atoms with Crippen LogP contribution in [0.3, 0.4) is 0 Å². The Morgan fingerprint density at radius 3 is 2.74 bits per heavy atom. The summed E-state index contributed by atoms with van der Waals surface area (Å²) in [5, 5.41) is 0. The molecule has 0 unspecified atom stereocenters. The van der Waals surface area contributed by atoms with Gasteiger partial charge in [0, 0.05) is 6.07 Å². The summed E-state index contributed by atoms with van der Waals surface area (Å²) >= 11 is 0. The minimum atomic E-state index is -0.556. The van der Waals surface area contributed by atoms with Crippen molar-refractivity contribution >= 4 is 0 Å².